The van der Waals surface area contributed by atoms with E-state index in [0.717, 1.165) is 16.9 Å². The van der Waals surface area contributed by atoms with Crippen LogP contribution in [-0.2, 0) is 10.2 Å². The van der Waals surface area contributed by atoms with Crippen molar-refractivity contribution in [2.75, 3.05) is 11.9 Å². The summed E-state index contributed by atoms with van der Waals surface area (Å²) in [6, 6.07) is 14.2. The topological polar surface area (TPSA) is 63.5 Å². The van der Waals surface area contributed by atoms with Crippen molar-refractivity contribution in [3.63, 3.8) is 0 Å². The fourth-order valence-electron chi connectivity index (χ4n) is 3.33. The van der Waals surface area contributed by atoms with Crippen LogP contribution < -0.4 is 4.90 Å². The molecule has 5 heteroatoms. The molecule has 0 N–H and O–H groups in total. The first-order valence-electron chi connectivity index (χ1n) is 8.32. The number of allylic oxidation sites excluding steroid dienone is 3. The highest BCUT2D eigenvalue weighted by molar-refractivity contribution is 6.03. The van der Waals surface area contributed by atoms with Gasteiger partial charge in [0.25, 0.3) is 5.69 Å². The van der Waals surface area contributed by atoms with Gasteiger partial charge in [-0.1, -0.05) is 38.1 Å². The molecule has 2 aromatic carbocycles. The zero-order valence-corrected chi connectivity index (χ0v) is 15.0. The van der Waals surface area contributed by atoms with Crippen LogP contribution in [0.25, 0.3) is 6.08 Å². The van der Waals surface area contributed by atoms with Gasteiger partial charge in [-0.25, -0.2) is 0 Å². The number of hydrogen-bond acceptors (Lipinski definition) is 4. The number of likely N-dealkylation sites (N-methyl/N-ethyl adjacent to an activating group) is 1. The molecular formula is C21H20N2O3. The zero-order valence-electron chi connectivity index (χ0n) is 15.0. The highest BCUT2D eigenvalue weighted by atomic mass is 16.6. The molecule has 0 amide bonds. The number of para-hydroxylation sites is 1. The normalized spacial score (nSPS) is 16.9. The minimum atomic E-state index is -0.446. The summed E-state index contributed by atoms with van der Waals surface area (Å²) in [5, 5.41) is 10.7. The average Bonchev–Trinajstić information content (AvgIpc) is 2.81. The number of nitro benzene ring substituents is 1. The summed E-state index contributed by atoms with van der Waals surface area (Å²) in [4.78, 5) is 24.7. The van der Waals surface area contributed by atoms with Crippen molar-refractivity contribution >= 4 is 23.2 Å². The number of anilines is 1. The third-order valence-corrected chi connectivity index (χ3v) is 4.76. The Hall–Kier alpha value is -3.21. The van der Waals surface area contributed by atoms with E-state index in [2.05, 4.69) is 26.0 Å². The van der Waals surface area contributed by atoms with Crippen molar-refractivity contribution in [2.45, 2.75) is 19.3 Å². The summed E-state index contributed by atoms with van der Waals surface area (Å²) in [7, 11) is 1.97. The number of fused-ring (bicyclic) bond motifs is 1. The lowest BCUT2D eigenvalue weighted by Crippen LogP contribution is -2.23. The molecule has 1 aliphatic rings. The molecule has 0 aliphatic carbocycles. The van der Waals surface area contributed by atoms with Gasteiger partial charge in [-0.15, -0.1) is 0 Å². The molecule has 0 saturated heterocycles. The molecule has 1 aliphatic heterocycles. The minimum absolute atomic E-state index is 0.0303. The number of nitro groups is 1. The summed E-state index contributed by atoms with van der Waals surface area (Å²) < 4.78 is 0. The SMILES string of the molecule is CN1/C(=C\C(=O)/C=C/c2ccc([N+](=O)[O-])cc2)C(C)(C)c2ccccc21. The van der Waals surface area contributed by atoms with Crippen molar-refractivity contribution in [3.8, 4) is 0 Å². The number of carbonyl (C=O) groups excluding carboxylic acids is 1. The molecule has 132 valence electrons. The molecule has 0 unspecified atom stereocenters. The summed E-state index contributed by atoms with van der Waals surface area (Å²) in [5.74, 6) is -0.119. The summed E-state index contributed by atoms with van der Waals surface area (Å²) >= 11 is 0. The number of hydrogen-bond donors (Lipinski definition) is 0. The monoisotopic (exact) mass is 348 g/mol. The first-order chi connectivity index (χ1) is 12.3. The molecule has 0 radical (unpaired) electrons. The second-order valence-electron chi connectivity index (χ2n) is 6.82. The van der Waals surface area contributed by atoms with Gasteiger partial charge < -0.3 is 4.90 Å². The van der Waals surface area contributed by atoms with Crippen molar-refractivity contribution in [3.05, 3.63) is 87.6 Å². The molecule has 2 aromatic rings. The van der Waals surface area contributed by atoms with Crippen LogP contribution in [0.4, 0.5) is 11.4 Å². The molecular weight excluding hydrogens is 328 g/mol. The Morgan fingerprint density at radius 3 is 2.38 bits per heavy atom. The molecule has 0 fully saturated rings. The number of rotatable bonds is 4. The molecule has 5 nitrogen and oxygen atoms in total. The van der Waals surface area contributed by atoms with Gasteiger partial charge in [-0.2, -0.15) is 0 Å². The van der Waals surface area contributed by atoms with E-state index in [0.29, 0.717) is 0 Å². The molecule has 1 heterocycles. The second-order valence-corrected chi connectivity index (χ2v) is 6.82. The maximum absolute atomic E-state index is 12.4. The fourth-order valence-corrected chi connectivity index (χ4v) is 3.33. The van der Waals surface area contributed by atoms with E-state index >= 15 is 0 Å². The first kappa shape index (κ1) is 17.6. The van der Waals surface area contributed by atoms with Gasteiger partial charge >= 0.3 is 0 Å². The highest BCUT2D eigenvalue weighted by Crippen LogP contribution is 2.46. The van der Waals surface area contributed by atoms with Crippen molar-refractivity contribution < 1.29 is 9.72 Å². The lowest BCUT2D eigenvalue weighted by Gasteiger charge is -2.23. The maximum Gasteiger partial charge on any atom is 0.269 e. The number of non-ortho nitro benzene ring substituents is 1. The van der Waals surface area contributed by atoms with Crippen LogP contribution in [-0.4, -0.2) is 17.8 Å². The quantitative estimate of drug-likeness (QED) is 0.464. The van der Waals surface area contributed by atoms with Gasteiger partial charge in [0, 0.05) is 42.1 Å². The average molecular weight is 348 g/mol. The predicted octanol–water partition coefficient (Wildman–Crippen LogP) is 4.49. The molecule has 0 spiro atoms. The summed E-state index contributed by atoms with van der Waals surface area (Å²) in [6.45, 7) is 4.21. The number of benzene rings is 2. The van der Waals surface area contributed by atoms with E-state index in [9.17, 15) is 14.9 Å². The van der Waals surface area contributed by atoms with E-state index in [1.165, 1.54) is 23.8 Å². The largest absolute Gasteiger partial charge is 0.347 e. The van der Waals surface area contributed by atoms with Gasteiger partial charge in [-0.3, -0.25) is 14.9 Å². The van der Waals surface area contributed by atoms with Gasteiger partial charge in [0.05, 0.1) is 4.92 Å². The number of nitrogens with zero attached hydrogens (tertiary/aromatic N) is 2. The molecule has 0 bridgehead atoms. The second kappa shape index (κ2) is 6.59. The van der Waals surface area contributed by atoms with Crippen LogP contribution in [0.5, 0.6) is 0 Å². The van der Waals surface area contributed by atoms with Crippen LogP contribution >= 0.6 is 0 Å². The van der Waals surface area contributed by atoms with Gasteiger partial charge in [0.15, 0.2) is 5.78 Å². The Morgan fingerprint density at radius 1 is 1.12 bits per heavy atom. The molecule has 3 rings (SSSR count). The third kappa shape index (κ3) is 3.16. The van der Waals surface area contributed by atoms with E-state index in [-0.39, 0.29) is 16.9 Å². The van der Waals surface area contributed by atoms with Crippen molar-refractivity contribution in [2.24, 2.45) is 0 Å². The summed E-state index contributed by atoms with van der Waals surface area (Å²) in [6.07, 6.45) is 4.81. The Morgan fingerprint density at radius 2 is 1.77 bits per heavy atom. The van der Waals surface area contributed by atoms with E-state index in [4.69, 9.17) is 0 Å². The standard InChI is InChI=1S/C21H20N2O3/c1-21(2)18-6-4-5-7-19(18)22(3)20(21)14-17(24)13-10-15-8-11-16(12-9-15)23(25)26/h4-14H,1-3H3/b13-10+,20-14-. The smallest absolute Gasteiger partial charge is 0.269 e. The number of carbonyl (C=O) groups is 1. The van der Waals surface area contributed by atoms with Crippen LogP contribution in [0.2, 0.25) is 0 Å². The highest BCUT2D eigenvalue weighted by Gasteiger charge is 2.38. The Labute approximate surface area is 152 Å². The Balaban J connectivity index is 1.82. The zero-order chi connectivity index (χ0) is 18.9. The van der Waals surface area contributed by atoms with Gasteiger partial charge in [0.1, 0.15) is 0 Å². The molecule has 0 atom stereocenters. The predicted molar refractivity (Wildman–Crippen MR) is 103 cm³/mol. The number of ketones is 1. The molecule has 0 saturated carbocycles. The first-order valence-corrected chi connectivity index (χ1v) is 8.32. The molecule has 26 heavy (non-hydrogen) atoms. The molecule has 0 aromatic heterocycles. The Bertz CT molecular complexity index is 925. The third-order valence-electron chi connectivity index (χ3n) is 4.76. The van der Waals surface area contributed by atoms with Crippen LogP contribution in [0, 0.1) is 10.1 Å². The maximum atomic E-state index is 12.4. The van der Waals surface area contributed by atoms with Crippen LogP contribution in [0.1, 0.15) is 25.0 Å². The van der Waals surface area contributed by atoms with Gasteiger partial charge in [-0.05, 0) is 35.4 Å². The lowest BCUT2D eigenvalue weighted by molar-refractivity contribution is -0.384. The van der Waals surface area contributed by atoms with Crippen LogP contribution in [0.3, 0.4) is 0 Å². The van der Waals surface area contributed by atoms with E-state index in [1.807, 2.05) is 24.1 Å². The lowest BCUT2D eigenvalue weighted by atomic mass is 9.83. The van der Waals surface area contributed by atoms with Crippen molar-refractivity contribution in [1.82, 2.24) is 0 Å². The summed E-state index contributed by atoms with van der Waals surface area (Å²) in [5.41, 5.74) is 3.77. The van der Waals surface area contributed by atoms with Crippen LogP contribution in [0.15, 0.2) is 66.4 Å². The van der Waals surface area contributed by atoms with Crippen molar-refractivity contribution in [1.29, 1.82) is 0 Å². The minimum Gasteiger partial charge on any atom is -0.347 e. The van der Waals surface area contributed by atoms with Gasteiger partial charge in [0.2, 0.25) is 0 Å². The van der Waals surface area contributed by atoms with E-state index in [1.54, 1.807) is 24.3 Å². The van der Waals surface area contributed by atoms with E-state index < -0.39 is 4.92 Å². The fraction of sp³-hybridized carbons (Fsp3) is 0.190. The Kier molecular flexibility index (Phi) is 4.47.